The first-order valence-corrected chi connectivity index (χ1v) is 5.63. The van der Waals surface area contributed by atoms with Crippen LogP contribution in [0.15, 0.2) is 36.8 Å². The lowest BCUT2D eigenvalue weighted by Crippen LogP contribution is -2.29. The lowest BCUT2D eigenvalue weighted by Gasteiger charge is -2.16. The quantitative estimate of drug-likeness (QED) is 0.627. The summed E-state index contributed by atoms with van der Waals surface area (Å²) in [6.45, 7) is 2.00. The van der Waals surface area contributed by atoms with Crippen LogP contribution in [0.5, 0.6) is 5.75 Å². The minimum absolute atomic E-state index is 0.201. The van der Waals surface area contributed by atoms with Crippen LogP contribution in [0.4, 0.5) is 0 Å². The summed E-state index contributed by atoms with van der Waals surface area (Å²) in [6.07, 6.45) is 4.97. The number of nitrogens with two attached hydrogens (primary N) is 1. The predicted molar refractivity (Wildman–Crippen MR) is 68.9 cm³/mol. The second-order valence-corrected chi connectivity index (χ2v) is 3.96. The summed E-state index contributed by atoms with van der Waals surface area (Å²) in [5, 5.41) is 0. The predicted octanol–water partition coefficient (Wildman–Crippen LogP) is 1.35. The van der Waals surface area contributed by atoms with Crippen molar-refractivity contribution in [2.45, 2.75) is 13.0 Å². The van der Waals surface area contributed by atoms with Gasteiger partial charge in [-0.1, -0.05) is 12.1 Å². The molecule has 5 heteroatoms. The van der Waals surface area contributed by atoms with Crippen molar-refractivity contribution >= 4 is 0 Å². The number of hydrogen-bond acceptors (Lipinski definition) is 5. The van der Waals surface area contributed by atoms with E-state index in [2.05, 4.69) is 15.4 Å². The monoisotopic (exact) mass is 244 g/mol. The van der Waals surface area contributed by atoms with Gasteiger partial charge in [-0.3, -0.25) is 15.8 Å². The maximum absolute atomic E-state index is 5.61. The van der Waals surface area contributed by atoms with Crippen molar-refractivity contribution in [2.24, 2.45) is 5.84 Å². The molecular formula is C13H16N4O. The smallest absolute Gasteiger partial charge is 0.122 e. The van der Waals surface area contributed by atoms with Gasteiger partial charge in [0, 0.05) is 12.4 Å². The van der Waals surface area contributed by atoms with Gasteiger partial charge in [0.2, 0.25) is 0 Å². The summed E-state index contributed by atoms with van der Waals surface area (Å²) < 4.78 is 5.31. The van der Waals surface area contributed by atoms with Crippen molar-refractivity contribution in [1.82, 2.24) is 15.4 Å². The number of methoxy groups -OCH3 is 1. The molecule has 5 nitrogen and oxygen atoms in total. The third-order valence-corrected chi connectivity index (χ3v) is 2.81. The Morgan fingerprint density at radius 2 is 2.17 bits per heavy atom. The number of benzene rings is 1. The van der Waals surface area contributed by atoms with Gasteiger partial charge in [-0.25, -0.2) is 5.43 Å². The first kappa shape index (κ1) is 12.5. The van der Waals surface area contributed by atoms with Crippen molar-refractivity contribution in [3.63, 3.8) is 0 Å². The Hall–Kier alpha value is -1.98. The van der Waals surface area contributed by atoms with Crippen LogP contribution in [0.25, 0.3) is 0 Å². The molecule has 0 fully saturated rings. The van der Waals surface area contributed by atoms with Crippen LogP contribution < -0.4 is 16.0 Å². The molecule has 0 saturated heterocycles. The SMILES string of the molecule is COc1cc(C(NN)c2cnccn2)ccc1C. The second kappa shape index (κ2) is 5.57. The molecule has 0 saturated carbocycles. The van der Waals surface area contributed by atoms with Gasteiger partial charge in [-0.2, -0.15) is 0 Å². The molecule has 1 heterocycles. The van der Waals surface area contributed by atoms with Crippen LogP contribution in [0.1, 0.15) is 22.9 Å². The van der Waals surface area contributed by atoms with Gasteiger partial charge in [-0.15, -0.1) is 0 Å². The Morgan fingerprint density at radius 3 is 2.78 bits per heavy atom. The Kier molecular flexibility index (Phi) is 3.86. The van der Waals surface area contributed by atoms with Crippen LogP contribution in [0, 0.1) is 6.92 Å². The number of aryl methyl sites for hydroxylation is 1. The number of hydrazine groups is 1. The lowest BCUT2D eigenvalue weighted by atomic mass is 10.0. The Labute approximate surface area is 106 Å². The summed E-state index contributed by atoms with van der Waals surface area (Å²) in [5.74, 6) is 6.44. The standard InChI is InChI=1S/C13H16N4O/c1-9-3-4-10(7-12(9)18-2)13(17-14)11-8-15-5-6-16-11/h3-8,13,17H,14H2,1-2H3. The fourth-order valence-electron chi connectivity index (χ4n) is 1.83. The Balaban J connectivity index is 2.39. The Bertz CT molecular complexity index is 516. The van der Waals surface area contributed by atoms with Gasteiger partial charge < -0.3 is 4.74 Å². The highest BCUT2D eigenvalue weighted by atomic mass is 16.5. The van der Waals surface area contributed by atoms with Crippen LogP contribution in [-0.2, 0) is 0 Å². The van der Waals surface area contributed by atoms with Crippen molar-refractivity contribution in [1.29, 1.82) is 0 Å². The zero-order valence-corrected chi connectivity index (χ0v) is 10.4. The molecule has 94 valence electrons. The summed E-state index contributed by atoms with van der Waals surface area (Å²) in [7, 11) is 1.65. The maximum atomic E-state index is 5.61. The fourth-order valence-corrected chi connectivity index (χ4v) is 1.83. The average molecular weight is 244 g/mol. The lowest BCUT2D eigenvalue weighted by molar-refractivity contribution is 0.410. The van der Waals surface area contributed by atoms with Crippen molar-refractivity contribution in [3.05, 3.63) is 53.6 Å². The molecule has 2 rings (SSSR count). The topological polar surface area (TPSA) is 73.1 Å². The second-order valence-electron chi connectivity index (χ2n) is 3.96. The number of ether oxygens (including phenoxy) is 1. The third kappa shape index (κ3) is 2.47. The molecule has 1 atom stereocenters. The van der Waals surface area contributed by atoms with Crippen molar-refractivity contribution < 1.29 is 4.74 Å². The van der Waals surface area contributed by atoms with Gasteiger partial charge >= 0.3 is 0 Å². The van der Waals surface area contributed by atoms with E-state index in [9.17, 15) is 0 Å². The van der Waals surface area contributed by atoms with E-state index < -0.39 is 0 Å². The maximum Gasteiger partial charge on any atom is 0.122 e. The normalized spacial score (nSPS) is 12.2. The molecule has 0 bridgehead atoms. The molecule has 18 heavy (non-hydrogen) atoms. The zero-order valence-electron chi connectivity index (χ0n) is 10.4. The van der Waals surface area contributed by atoms with E-state index in [-0.39, 0.29) is 6.04 Å². The van der Waals surface area contributed by atoms with E-state index in [0.29, 0.717) is 0 Å². The van der Waals surface area contributed by atoms with E-state index in [1.54, 1.807) is 25.7 Å². The molecule has 1 aromatic heterocycles. The molecule has 2 aromatic rings. The first-order chi connectivity index (χ1) is 8.76. The van der Waals surface area contributed by atoms with E-state index in [0.717, 1.165) is 22.6 Å². The van der Waals surface area contributed by atoms with Crippen molar-refractivity contribution in [3.8, 4) is 5.75 Å². The fraction of sp³-hybridized carbons (Fsp3) is 0.231. The molecule has 0 radical (unpaired) electrons. The average Bonchev–Trinajstić information content (AvgIpc) is 2.42. The zero-order chi connectivity index (χ0) is 13.0. The highest BCUT2D eigenvalue weighted by molar-refractivity contribution is 5.39. The van der Waals surface area contributed by atoms with Gasteiger partial charge in [0.05, 0.1) is 25.0 Å². The summed E-state index contributed by atoms with van der Waals surface area (Å²) in [5.41, 5.74) is 5.58. The number of aromatic nitrogens is 2. The van der Waals surface area contributed by atoms with Crippen molar-refractivity contribution in [2.75, 3.05) is 7.11 Å². The number of nitrogens with one attached hydrogen (secondary N) is 1. The molecule has 0 aliphatic carbocycles. The minimum Gasteiger partial charge on any atom is -0.496 e. The van der Waals surface area contributed by atoms with Gasteiger partial charge in [0.15, 0.2) is 0 Å². The summed E-state index contributed by atoms with van der Waals surface area (Å²) in [6, 6.07) is 5.74. The minimum atomic E-state index is -0.201. The van der Waals surface area contributed by atoms with Crippen LogP contribution in [-0.4, -0.2) is 17.1 Å². The molecule has 1 unspecified atom stereocenters. The van der Waals surface area contributed by atoms with Crippen LogP contribution in [0.2, 0.25) is 0 Å². The van der Waals surface area contributed by atoms with E-state index in [1.165, 1.54) is 0 Å². The Morgan fingerprint density at radius 1 is 1.33 bits per heavy atom. The molecule has 0 aliphatic heterocycles. The van der Waals surface area contributed by atoms with E-state index in [4.69, 9.17) is 10.6 Å². The van der Waals surface area contributed by atoms with Crippen LogP contribution in [0.3, 0.4) is 0 Å². The highest BCUT2D eigenvalue weighted by Gasteiger charge is 2.15. The molecule has 0 amide bonds. The molecule has 3 N–H and O–H groups in total. The number of hydrogen-bond donors (Lipinski definition) is 2. The van der Waals surface area contributed by atoms with Gasteiger partial charge in [-0.05, 0) is 24.1 Å². The first-order valence-electron chi connectivity index (χ1n) is 5.63. The largest absolute Gasteiger partial charge is 0.496 e. The molecular weight excluding hydrogens is 228 g/mol. The molecule has 0 spiro atoms. The van der Waals surface area contributed by atoms with E-state index >= 15 is 0 Å². The number of rotatable bonds is 4. The van der Waals surface area contributed by atoms with Gasteiger partial charge in [0.25, 0.3) is 0 Å². The highest BCUT2D eigenvalue weighted by Crippen LogP contribution is 2.25. The summed E-state index contributed by atoms with van der Waals surface area (Å²) in [4.78, 5) is 8.31. The number of nitrogens with zero attached hydrogens (tertiary/aromatic N) is 2. The molecule has 1 aromatic carbocycles. The van der Waals surface area contributed by atoms with E-state index in [1.807, 2.05) is 25.1 Å². The molecule has 0 aliphatic rings. The third-order valence-electron chi connectivity index (χ3n) is 2.81. The van der Waals surface area contributed by atoms with Crippen LogP contribution >= 0.6 is 0 Å². The summed E-state index contributed by atoms with van der Waals surface area (Å²) >= 11 is 0. The van der Waals surface area contributed by atoms with Gasteiger partial charge in [0.1, 0.15) is 5.75 Å².